The van der Waals surface area contributed by atoms with E-state index in [1.165, 1.54) is 16.9 Å². The molecule has 32 heavy (non-hydrogen) atoms. The van der Waals surface area contributed by atoms with Gasteiger partial charge in [-0.1, -0.05) is 54.6 Å². The summed E-state index contributed by atoms with van der Waals surface area (Å²) in [6.45, 7) is 0.551. The first-order chi connectivity index (χ1) is 15.7. The molecule has 0 spiro atoms. The fourth-order valence-electron chi connectivity index (χ4n) is 3.50. The number of benzene rings is 2. The van der Waals surface area contributed by atoms with Gasteiger partial charge in [0.25, 0.3) is 5.91 Å². The molecule has 164 valence electrons. The number of fused-ring (bicyclic) bond motifs is 1. The van der Waals surface area contributed by atoms with Gasteiger partial charge in [0.05, 0.1) is 4.88 Å². The number of nitrogens with one attached hydrogen (secondary N) is 3. The van der Waals surface area contributed by atoms with Crippen LogP contribution in [0.4, 0.5) is 0 Å². The summed E-state index contributed by atoms with van der Waals surface area (Å²) in [5.41, 5.74) is 3.29. The molecule has 2 amide bonds. The minimum absolute atomic E-state index is 0.166. The SMILES string of the molecule is O=C(N[C@@H](Cc1c[nH]c2ccccc12)C(=O)NCCSCc1ccccc1)c1cccs1. The van der Waals surface area contributed by atoms with Gasteiger partial charge in [-0.25, -0.2) is 0 Å². The van der Waals surface area contributed by atoms with E-state index in [1.54, 1.807) is 17.8 Å². The molecular formula is C25H25N3O2S2. The molecule has 0 aliphatic heterocycles. The molecule has 7 heteroatoms. The van der Waals surface area contributed by atoms with Crippen molar-refractivity contribution in [2.75, 3.05) is 12.3 Å². The minimum atomic E-state index is -0.650. The number of amides is 2. The number of H-pyrrole nitrogens is 1. The summed E-state index contributed by atoms with van der Waals surface area (Å²) in [6, 6.07) is 21.2. The summed E-state index contributed by atoms with van der Waals surface area (Å²) in [4.78, 5) is 29.5. The molecule has 2 aromatic heterocycles. The Hall–Kier alpha value is -3.03. The molecule has 0 fully saturated rings. The van der Waals surface area contributed by atoms with Crippen molar-refractivity contribution in [1.82, 2.24) is 15.6 Å². The summed E-state index contributed by atoms with van der Waals surface area (Å²) in [6.07, 6.45) is 2.34. The highest BCUT2D eigenvalue weighted by Crippen LogP contribution is 2.20. The van der Waals surface area contributed by atoms with E-state index in [9.17, 15) is 9.59 Å². The van der Waals surface area contributed by atoms with Crippen molar-refractivity contribution in [3.63, 3.8) is 0 Å². The highest BCUT2D eigenvalue weighted by Gasteiger charge is 2.23. The largest absolute Gasteiger partial charge is 0.361 e. The van der Waals surface area contributed by atoms with E-state index in [2.05, 4.69) is 27.8 Å². The van der Waals surface area contributed by atoms with Crippen LogP contribution in [0, 0.1) is 0 Å². The average Bonchev–Trinajstić information content (AvgIpc) is 3.50. The Labute approximate surface area is 195 Å². The predicted octanol–water partition coefficient (Wildman–Crippen LogP) is 4.62. The van der Waals surface area contributed by atoms with E-state index >= 15 is 0 Å². The molecule has 0 radical (unpaired) electrons. The van der Waals surface area contributed by atoms with Crippen molar-refractivity contribution < 1.29 is 9.59 Å². The predicted molar refractivity (Wildman–Crippen MR) is 133 cm³/mol. The van der Waals surface area contributed by atoms with Crippen molar-refractivity contribution >= 4 is 45.8 Å². The normalized spacial score (nSPS) is 11.9. The number of carbonyl (C=O) groups excluding carboxylic acids is 2. The van der Waals surface area contributed by atoms with E-state index < -0.39 is 6.04 Å². The Bertz CT molecular complexity index is 1160. The third-order valence-corrected chi connectivity index (χ3v) is 7.02. The molecule has 0 saturated carbocycles. The fraction of sp³-hybridized carbons (Fsp3) is 0.200. The van der Waals surface area contributed by atoms with Crippen LogP contribution in [0.3, 0.4) is 0 Å². The zero-order valence-electron chi connectivity index (χ0n) is 17.5. The molecule has 2 heterocycles. The van der Waals surface area contributed by atoms with Gasteiger partial charge in [0, 0.05) is 41.6 Å². The van der Waals surface area contributed by atoms with E-state index in [1.807, 2.05) is 60.1 Å². The smallest absolute Gasteiger partial charge is 0.262 e. The van der Waals surface area contributed by atoms with Gasteiger partial charge in [0.2, 0.25) is 5.91 Å². The van der Waals surface area contributed by atoms with E-state index in [-0.39, 0.29) is 11.8 Å². The topological polar surface area (TPSA) is 74.0 Å². The molecular weight excluding hydrogens is 438 g/mol. The average molecular weight is 464 g/mol. The molecule has 4 aromatic rings. The highest BCUT2D eigenvalue weighted by atomic mass is 32.2. The quantitative estimate of drug-likeness (QED) is 0.301. The number of thiophene rings is 1. The second-order valence-corrected chi connectivity index (χ2v) is 9.45. The number of para-hydroxylation sites is 1. The van der Waals surface area contributed by atoms with Gasteiger partial charge in [-0.05, 0) is 28.6 Å². The van der Waals surface area contributed by atoms with E-state index in [0.717, 1.165) is 28.0 Å². The molecule has 0 aliphatic rings. The lowest BCUT2D eigenvalue weighted by Crippen LogP contribution is -2.48. The molecule has 3 N–H and O–H groups in total. The standard InChI is InChI=1S/C25H25N3O2S2/c29-24(26-12-14-31-17-18-7-2-1-3-8-18)22(28-25(30)23-11-6-13-32-23)15-19-16-27-21-10-5-4-9-20(19)21/h1-11,13,16,22,27H,12,14-15,17H2,(H,26,29)(H,28,30)/t22-/m0/s1. The first kappa shape index (κ1) is 22.2. The number of rotatable bonds is 10. The summed E-state index contributed by atoms with van der Waals surface area (Å²) < 4.78 is 0. The molecule has 4 rings (SSSR count). The highest BCUT2D eigenvalue weighted by molar-refractivity contribution is 7.98. The second kappa shape index (κ2) is 11.0. The monoisotopic (exact) mass is 463 g/mol. The summed E-state index contributed by atoms with van der Waals surface area (Å²) >= 11 is 3.14. The first-order valence-corrected chi connectivity index (χ1v) is 12.5. The number of carbonyl (C=O) groups is 2. The lowest BCUT2D eigenvalue weighted by molar-refractivity contribution is -0.122. The van der Waals surface area contributed by atoms with Crippen LogP contribution in [0.15, 0.2) is 78.3 Å². The zero-order chi connectivity index (χ0) is 22.2. The third-order valence-electron chi connectivity index (χ3n) is 5.12. The molecule has 1 atom stereocenters. The molecule has 5 nitrogen and oxygen atoms in total. The lowest BCUT2D eigenvalue weighted by Gasteiger charge is -2.18. The Morgan fingerprint density at radius 1 is 1.00 bits per heavy atom. The van der Waals surface area contributed by atoms with Crippen LogP contribution in [0.2, 0.25) is 0 Å². The van der Waals surface area contributed by atoms with Crippen LogP contribution in [0.25, 0.3) is 10.9 Å². The van der Waals surface area contributed by atoms with Gasteiger partial charge in [0.15, 0.2) is 0 Å². The fourth-order valence-corrected chi connectivity index (χ4v) is 4.95. The van der Waals surface area contributed by atoms with E-state index in [4.69, 9.17) is 0 Å². The number of hydrogen-bond acceptors (Lipinski definition) is 4. The van der Waals surface area contributed by atoms with Crippen LogP contribution in [-0.2, 0) is 17.0 Å². The molecule has 0 bridgehead atoms. The Morgan fingerprint density at radius 2 is 1.81 bits per heavy atom. The van der Waals surface area contributed by atoms with Crippen LogP contribution in [-0.4, -0.2) is 35.1 Å². The van der Waals surface area contributed by atoms with Crippen LogP contribution >= 0.6 is 23.1 Å². The third kappa shape index (κ3) is 5.81. The lowest BCUT2D eigenvalue weighted by atomic mass is 10.0. The molecule has 0 saturated heterocycles. The van der Waals surface area contributed by atoms with Crippen LogP contribution in [0.5, 0.6) is 0 Å². The van der Waals surface area contributed by atoms with Crippen molar-refractivity contribution in [2.24, 2.45) is 0 Å². The number of thioether (sulfide) groups is 1. The van der Waals surface area contributed by atoms with Gasteiger partial charge in [-0.3, -0.25) is 9.59 Å². The van der Waals surface area contributed by atoms with Gasteiger partial charge < -0.3 is 15.6 Å². The molecule has 2 aromatic carbocycles. The summed E-state index contributed by atoms with van der Waals surface area (Å²) in [5.74, 6) is 1.32. The Balaban J connectivity index is 1.37. The summed E-state index contributed by atoms with van der Waals surface area (Å²) in [5, 5.41) is 8.85. The maximum Gasteiger partial charge on any atom is 0.262 e. The van der Waals surface area contributed by atoms with Gasteiger partial charge >= 0.3 is 0 Å². The van der Waals surface area contributed by atoms with Crippen molar-refractivity contribution in [2.45, 2.75) is 18.2 Å². The second-order valence-electron chi connectivity index (χ2n) is 7.40. The van der Waals surface area contributed by atoms with Crippen molar-refractivity contribution in [1.29, 1.82) is 0 Å². The van der Waals surface area contributed by atoms with Crippen LogP contribution in [0.1, 0.15) is 20.8 Å². The Kier molecular flexibility index (Phi) is 7.64. The number of hydrogen-bond donors (Lipinski definition) is 3. The zero-order valence-corrected chi connectivity index (χ0v) is 19.2. The number of aromatic amines is 1. The molecule has 0 unspecified atom stereocenters. The maximum atomic E-state index is 13.0. The van der Waals surface area contributed by atoms with Crippen molar-refractivity contribution in [3.8, 4) is 0 Å². The maximum absolute atomic E-state index is 13.0. The Morgan fingerprint density at radius 3 is 2.62 bits per heavy atom. The van der Waals surface area contributed by atoms with Crippen molar-refractivity contribution in [3.05, 3.63) is 94.3 Å². The van der Waals surface area contributed by atoms with Gasteiger partial charge in [0.1, 0.15) is 6.04 Å². The van der Waals surface area contributed by atoms with Gasteiger partial charge in [-0.15, -0.1) is 11.3 Å². The van der Waals surface area contributed by atoms with Gasteiger partial charge in [-0.2, -0.15) is 11.8 Å². The van der Waals surface area contributed by atoms with Crippen LogP contribution < -0.4 is 10.6 Å². The minimum Gasteiger partial charge on any atom is -0.361 e. The number of aromatic nitrogens is 1. The summed E-state index contributed by atoms with van der Waals surface area (Å²) in [7, 11) is 0. The molecule has 0 aliphatic carbocycles. The van der Waals surface area contributed by atoms with E-state index in [0.29, 0.717) is 17.8 Å². The first-order valence-electron chi connectivity index (χ1n) is 10.5.